The van der Waals surface area contributed by atoms with Crippen LogP contribution in [0, 0.1) is 5.82 Å². The van der Waals surface area contributed by atoms with Crippen LogP contribution in [0.25, 0.3) is 0 Å². The standard InChI is InChI=1S/C28H29Cl2FN2O2/c1-2-3-15-32-28(35)26(16-20-7-5-4-6-8-20)33(19-22-11-12-23(29)18-25(22)30)27(34)17-21-9-13-24(31)14-10-21/h4-14,18,26H,2-3,15-17,19H2,1H3,(H,32,35)/t26-/m1/s1. The number of unbranched alkanes of at least 4 members (excludes halogenated alkanes) is 1. The summed E-state index contributed by atoms with van der Waals surface area (Å²) in [5.74, 6) is -0.850. The molecule has 0 aliphatic heterocycles. The number of carbonyl (C=O) groups is 2. The van der Waals surface area contributed by atoms with Crippen LogP contribution >= 0.6 is 23.2 Å². The van der Waals surface area contributed by atoms with Gasteiger partial charge in [0.05, 0.1) is 6.42 Å². The molecule has 0 saturated carbocycles. The molecule has 4 nitrogen and oxygen atoms in total. The Hall–Kier alpha value is -2.89. The molecule has 3 rings (SSSR count). The number of rotatable bonds is 11. The molecule has 1 N–H and O–H groups in total. The van der Waals surface area contributed by atoms with Gasteiger partial charge < -0.3 is 10.2 Å². The average molecular weight is 515 g/mol. The van der Waals surface area contributed by atoms with Crippen molar-refractivity contribution in [3.05, 3.63) is 105 Å². The van der Waals surface area contributed by atoms with Crippen molar-refractivity contribution in [1.82, 2.24) is 10.2 Å². The number of nitrogens with zero attached hydrogens (tertiary/aromatic N) is 1. The van der Waals surface area contributed by atoms with Crippen LogP contribution in [0.4, 0.5) is 4.39 Å². The molecule has 0 aliphatic carbocycles. The van der Waals surface area contributed by atoms with Gasteiger partial charge in [-0.3, -0.25) is 9.59 Å². The molecule has 0 spiro atoms. The van der Waals surface area contributed by atoms with Crippen LogP contribution in [0.1, 0.15) is 36.5 Å². The van der Waals surface area contributed by atoms with E-state index in [9.17, 15) is 14.0 Å². The maximum atomic E-state index is 13.6. The Morgan fingerprint density at radius 3 is 2.34 bits per heavy atom. The molecule has 2 amide bonds. The molecule has 1 atom stereocenters. The third kappa shape index (κ3) is 8.08. The molecule has 0 unspecified atom stereocenters. The molecule has 0 saturated heterocycles. The maximum Gasteiger partial charge on any atom is 0.243 e. The Kier molecular flexibility index (Phi) is 10.1. The summed E-state index contributed by atoms with van der Waals surface area (Å²) in [6.45, 7) is 2.71. The first-order valence-corrected chi connectivity index (χ1v) is 12.4. The van der Waals surface area contributed by atoms with Crippen molar-refractivity contribution < 1.29 is 14.0 Å². The monoisotopic (exact) mass is 514 g/mol. The van der Waals surface area contributed by atoms with Crippen LogP contribution < -0.4 is 5.32 Å². The smallest absolute Gasteiger partial charge is 0.243 e. The molecule has 3 aromatic rings. The normalized spacial score (nSPS) is 11.7. The lowest BCUT2D eigenvalue weighted by Crippen LogP contribution is -2.51. The zero-order valence-corrected chi connectivity index (χ0v) is 21.2. The summed E-state index contributed by atoms with van der Waals surface area (Å²) < 4.78 is 13.4. The number of benzene rings is 3. The number of halogens is 3. The second-order valence-electron chi connectivity index (χ2n) is 8.41. The van der Waals surface area contributed by atoms with Crippen LogP contribution in [0.2, 0.25) is 10.0 Å². The fraction of sp³-hybridized carbons (Fsp3) is 0.286. The van der Waals surface area contributed by atoms with Crippen molar-refractivity contribution in [2.24, 2.45) is 0 Å². The quantitative estimate of drug-likeness (QED) is 0.308. The summed E-state index contributed by atoms with van der Waals surface area (Å²) in [7, 11) is 0. The highest BCUT2D eigenvalue weighted by atomic mass is 35.5. The number of carbonyl (C=O) groups excluding carboxylic acids is 2. The third-order valence-corrected chi connectivity index (χ3v) is 6.31. The molecule has 0 radical (unpaired) electrons. The van der Waals surface area contributed by atoms with E-state index in [0.717, 1.165) is 18.4 Å². The van der Waals surface area contributed by atoms with Gasteiger partial charge in [-0.05, 0) is 47.4 Å². The van der Waals surface area contributed by atoms with Gasteiger partial charge in [0.1, 0.15) is 11.9 Å². The van der Waals surface area contributed by atoms with Crippen LogP contribution in [0.3, 0.4) is 0 Å². The summed E-state index contributed by atoms with van der Waals surface area (Å²) in [6.07, 6.45) is 2.16. The highest BCUT2D eigenvalue weighted by Gasteiger charge is 2.30. The lowest BCUT2D eigenvalue weighted by atomic mass is 10.0. The highest BCUT2D eigenvalue weighted by Crippen LogP contribution is 2.24. The van der Waals surface area contributed by atoms with Crippen LogP contribution in [-0.2, 0) is 29.0 Å². The van der Waals surface area contributed by atoms with Crippen LogP contribution in [0.5, 0.6) is 0 Å². The molecule has 0 aromatic heterocycles. The van der Waals surface area contributed by atoms with Gasteiger partial charge >= 0.3 is 0 Å². The van der Waals surface area contributed by atoms with E-state index < -0.39 is 6.04 Å². The molecular formula is C28H29Cl2FN2O2. The highest BCUT2D eigenvalue weighted by molar-refractivity contribution is 6.35. The first-order chi connectivity index (χ1) is 16.9. The summed E-state index contributed by atoms with van der Waals surface area (Å²) in [6, 6.07) is 19.7. The van der Waals surface area contributed by atoms with Gasteiger partial charge in [-0.15, -0.1) is 0 Å². The Balaban J connectivity index is 1.96. The Morgan fingerprint density at radius 2 is 1.69 bits per heavy atom. The van der Waals surface area contributed by atoms with Gasteiger partial charge in [-0.2, -0.15) is 0 Å². The molecule has 0 heterocycles. The maximum absolute atomic E-state index is 13.6. The van der Waals surface area contributed by atoms with E-state index >= 15 is 0 Å². The predicted molar refractivity (Wildman–Crippen MR) is 139 cm³/mol. The van der Waals surface area contributed by atoms with Crippen LogP contribution in [-0.4, -0.2) is 29.3 Å². The predicted octanol–water partition coefficient (Wildman–Crippen LogP) is 6.23. The molecule has 7 heteroatoms. The third-order valence-electron chi connectivity index (χ3n) is 5.73. The topological polar surface area (TPSA) is 49.4 Å². The van der Waals surface area contributed by atoms with E-state index in [2.05, 4.69) is 12.2 Å². The Morgan fingerprint density at radius 1 is 0.971 bits per heavy atom. The Bertz CT molecular complexity index is 1120. The van der Waals surface area contributed by atoms with Crippen molar-refractivity contribution in [3.63, 3.8) is 0 Å². The van der Waals surface area contributed by atoms with Gasteiger partial charge in [0.25, 0.3) is 0 Å². The van der Waals surface area contributed by atoms with E-state index in [0.29, 0.717) is 34.1 Å². The summed E-state index contributed by atoms with van der Waals surface area (Å²) >= 11 is 12.5. The van der Waals surface area contributed by atoms with Crippen molar-refractivity contribution in [2.75, 3.05) is 6.54 Å². The van der Waals surface area contributed by atoms with Crippen molar-refractivity contribution >= 4 is 35.0 Å². The molecule has 35 heavy (non-hydrogen) atoms. The van der Waals surface area contributed by atoms with E-state index in [1.807, 2.05) is 30.3 Å². The summed E-state index contributed by atoms with van der Waals surface area (Å²) in [5.41, 5.74) is 2.28. The number of nitrogens with one attached hydrogen (secondary N) is 1. The fourth-order valence-electron chi connectivity index (χ4n) is 3.77. The fourth-order valence-corrected chi connectivity index (χ4v) is 4.24. The van der Waals surface area contributed by atoms with Gasteiger partial charge in [0.15, 0.2) is 0 Å². The SMILES string of the molecule is CCCCNC(=O)[C@@H](Cc1ccccc1)N(Cc1ccc(Cl)cc1Cl)C(=O)Cc1ccc(F)cc1. The van der Waals surface area contributed by atoms with E-state index in [-0.39, 0.29) is 30.6 Å². The Labute approximate surface area is 216 Å². The first kappa shape index (κ1) is 26.7. The molecule has 3 aromatic carbocycles. The van der Waals surface area contributed by atoms with Crippen molar-refractivity contribution in [2.45, 2.75) is 45.2 Å². The minimum Gasteiger partial charge on any atom is -0.354 e. The second kappa shape index (κ2) is 13.3. The van der Waals surface area contributed by atoms with Gasteiger partial charge in [-0.1, -0.05) is 85.1 Å². The largest absolute Gasteiger partial charge is 0.354 e. The van der Waals surface area contributed by atoms with Gasteiger partial charge in [0.2, 0.25) is 11.8 Å². The minimum atomic E-state index is -0.756. The summed E-state index contributed by atoms with van der Waals surface area (Å²) in [4.78, 5) is 28.6. The van der Waals surface area contributed by atoms with Crippen LogP contribution in [0.15, 0.2) is 72.8 Å². The first-order valence-electron chi connectivity index (χ1n) is 11.7. The average Bonchev–Trinajstić information content (AvgIpc) is 2.84. The molecule has 184 valence electrons. The van der Waals surface area contributed by atoms with Gasteiger partial charge in [0, 0.05) is 29.6 Å². The zero-order valence-electron chi connectivity index (χ0n) is 19.6. The van der Waals surface area contributed by atoms with Crippen molar-refractivity contribution in [3.8, 4) is 0 Å². The number of hydrogen-bond donors (Lipinski definition) is 1. The minimum absolute atomic E-state index is 0.0268. The number of amides is 2. The molecule has 0 bridgehead atoms. The van der Waals surface area contributed by atoms with E-state index in [1.54, 1.807) is 35.2 Å². The molecular weight excluding hydrogens is 486 g/mol. The summed E-state index contributed by atoms with van der Waals surface area (Å²) in [5, 5.41) is 3.89. The molecule has 0 aliphatic rings. The number of hydrogen-bond acceptors (Lipinski definition) is 2. The van der Waals surface area contributed by atoms with E-state index in [1.165, 1.54) is 12.1 Å². The van der Waals surface area contributed by atoms with Gasteiger partial charge in [-0.25, -0.2) is 4.39 Å². The molecule has 0 fully saturated rings. The lowest BCUT2D eigenvalue weighted by Gasteiger charge is -2.32. The second-order valence-corrected chi connectivity index (χ2v) is 9.25. The lowest BCUT2D eigenvalue weighted by molar-refractivity contribution is -0.140. The van der Waals surface area contributed by atoms with Crippen molar-refractivity contribution in [1.29, 1.82) is 0 Å². The zero-order chi connectivity index (χ0) is 25.2. The van der Waals surface area contributed by atoms with E-state index in [4.69, 9.17) is 23.2 Å².